The first-order valence-corrected chi connectivity index (χ1v) is 5.02. The summed E-state index contributed by atoms with van der Waals surface area (Å²) in [4.78, 5) is 0. The van der Waals surface area contributed by atoms with E-state index in [9.17, 15) is 0 Å². The smallest absolute Gasteiger partial charge is 0.141 e. The topological polar surface area (TPSA) is 52.0 Å². The molecule has 15 heavy (non-hydrogen) atoms. The predicted octanol–water partition coefficient (Wildman–Crippen LogP) is 2.79. The second kappa shape index (κ2) is 3.77. The molecular weight excluding hydrogens is 188 g/mol. The fraction of sp³-hybridized carbons (Fsp3) is 0.250. The van der Waals surface area contributed by atoms with E-state index in [-0.39, 0.29) is 0 Å². The average molecular weight is 202 g/mol. The summed E-state index contributed by atoms with van der Waals surface area (Å²) in [6.07, 6.45) is 2.67. The zero-order chi connectivity index (χ0) is 10.8. The summed E-state index contributed by atoms with van der Waals surface area (Å²) in [5.41, 5.74) is 10.0. The molecule has 0 atom stereocenters. The Balaban J connectivity index is 2.47. The molecule has 0 bridgehead atoms. The quantitative estimate of drug-likeness (QED) is 0.762. The van der Waals surface area contributed by atoms with E-state index < -0.39 is 0 Å². The van der Waals surface area contributed by atoms with Gasteiger partial charge in [0.2, 0.25) is 0 Å². The number of nitrogen functional groups attached to an aromatic ring is 1. The molecule has 0 radical (unpaired) electrons. The van der Waals surface area contributed by atoms with Crippen LogP contribution in [0.3, 0.4) is 0 Å². The minimum absolute atomic E-state index is 0.818. The average Bonchev–Trinajstić information content (AvgIpc) is 2.64. The molecule has 0 unspecified atom stereocenters. The van der Waals surface area contributed by atoms with Crippen molar-refractivity contribution in [2.45, 2.75) is 20.3 Å². The molecule has 0 saturated carbocycles. The molecular formula is C12H14N2O. The summed E-state index contributed by atoms with van der Waals surface area (Å²) < 4.78 is 5.02. The molecule has 2 rings (SSSR count). The van der Waals surface area contributed by atoms with E-state index >= 15 is 0 Å². The zero-order valence-corrected chi connectivity index (χ0v) is 8.95. The van der Waals surface area contributed by atoms with Crippen LogP contribution in [-0.4, -0.2) is 5.16 Å². The first-order valence-electron chi connectivity index (χ1n) is 5.02. The largest absolute Gasteiger partial charge is 0.398 e. The normalized spacial score (nSPS) is 10.5. The lowest BCUT2D eigenvalue weighted by Crippen LogP contribution is -1.93. The van der Waals surface area contributed by atoms with Crippen molar-refractivity contribution in [2.75, 3.05) is 5.73 Å². The van der Waals surface area contributed by atoms with Crippen LogP contribution < -0.4 is 5.73 Å². The Hall–Kier alpha value is -1.77. The van der Waals surface area contributed by atoms with Crippen molar-refractivity contribution < 1.29 is 4.52 Å². The van der Waals surface area contributed by atoms with E-state index in [2.05, 4.69) is 24.2 Å². The lowest BCUT2D eigenvalue weighted by Gasteiger charge is -2.05. The Morgan fingerprint density at radius 2 is 2.20 bits per heavy atom. The van der Waals surface area contributed by atoms with Crippen LogP contribution >= 0.6 is 0 Å². The maximum Gasteiger partial charge on any atom is 0.141 e. The second-order valence-corrected chi connectivity index (χ2v) is 3.56. The Kier molecular flexibility index (Phi) is 2.46. The zero-order valence-electron chi connectivity index (χ0n) is 8.95. The van der Waals surface area contributed by atoms with E-state index in [4.69, 9.17) is 10.3 Å². The molecule has 1 aromatic carbocycles. The van der Waals surface area contributed by atoms with Crippen molar-refractivity contribution in [2.24, 2.45) is 0 Å². The first-order chi connectivity index (χ1) is 7.22. The fourth-order valence-corrected chi connectivity index (χ4v) is 1.66. The molecule has 78 valence electrons. The molecule has 2 N–H and O–H groups in total. The van der Waals surface area contributed by atoms with Crippen molar-refractivity contribution in [3.05, 3.63) is 35.7 Å². The highest BCUT2D eigenvalue weighted by molar-refractivity contribution is 5.69. The van der Waals surface area contributed by atoms with Gasteiger partial charge in [0.25, 0.3) is 0 Å². The number of anilines is 1. The summed E-state index contributed by atoms with van der Waals surface area (Å²) in [5, 5.41) is 3.75. The molecule has 0 fully saturated rings. The van der Waals surface area contributed by atoms with Crippen LogP contribution in [0, 0.1) is 6.92 Å². The molecule has 0 aliphatic rings. The molecule has 3 heteroatoms. The number of rotatable bonds is 2. The van der Waals surface area contributed by atoms with Gasteiger partial charge in [0, 0.05) is 11.3 Å². The van der Waals surface area contributed by atoms with Crippen molar-refractivity contribution >= 4 is 5.69 Å². The van der Waals surface area contributed by atoms with Crippen molar-refractivity contribution in [3.8, 4) is 11.1 Å². The van der Waals surface area contributed by atoms with Crippen LogP contribution in [0.5, 0.6) is 0 Å². The Morgan fingerprint density at radius 1 is 1.40 bits per heavy atom. The summed E-state index contributed by atoms with van der Waals surface area (Å²) in [6, 6.07) is 6.07. The predicted molar refractivity (Wildman–Crippen MR) is 60.5 cm³/mol. The summed E-state index contributed by atoms with van der Waals surface area (Å²) in [6.45, 7) is 3.99. The lowest BCUT2D eigenvalue weighted by atomic mass is 10.0. The third-order valence-electron chi connectivity index (χ3n) is 2.59. The van der Waals surface area contributed by atoms with Crippen LogP contribution in [0.2, 0.25) is 0 Å². The summed E-state index contributed by atoms with van der Waals surface area (Å²) >= 11 is 0. The molecule has 0 aliphatic heterocycles. The minimum Gasteiger partial charge on any atom is -0.398 e. The van der Waals surface area contributed by atoms with Gasteiger partial charge in [-0.05, 0) is 30.5 Å². The summed E-state index contributed by atoms with van der Waals surface area (Å²) in [5.74, 6) is 0.818. The van der Waals surface area contributed by atoms with Gasteiger partial charge in [0.15, 0.2) is 0 Å². The van der Waals surface area contributed by atoms with E-state index in [1.165, 1.54) is 5.56 Å². The van der Waals surface area contributed by atoms with E-state index in [1.807, 2.05) is 13.0 Å². The number of benzene rings is 1. The van der Waals surface area contributed by atoms with Gasteiger partial charge in [-0.15, -0.1) is 0 Å². The molecule has 0 saturated heterocycles. The van der Waals surface area contributed by atoms with Gasteiger partial charge in [-0.2, -0.15) is 0 Å². The highest BCUT2D eigenvalue weighted by Crippen LogP contribution is 2.26. The molecule has 1 heterocycles. The maximum absolute atomic E-state index is 5.94. The summed E-state index contributed by atoms with van der Waals surface area (Å²) in [7, 11) is 0. The highest BCUT2D eigenvalue weighted by atomic mass is 16.5. The molecule has 0 aliphatic carbocycles. The third kappa shape index (κ3) is 1.73. The Bertz CT molecular complexity index is 474. The van der Waals surface area contributed by atoms with E-state index in [1.54, 1.807) is 6.20 Å². The number of aromatic nitrogens is 1. The highest BCUT2D eigenvalue weighted by Gasteiger charge is 2.07. The van der Waals surface area contributed by atoms with Crippen molar-refractivity contribution in [3.63, 3.8) is 0 Å². The monoisotopic (exact) mass is 202 g/mol. The Morgan fingerprint density at radius 3 is 2.73 bits per heavy atom. The second-order valence-electron chi connectivity index (χ2n) is 3.56. The Labute approximate surface area is 88.9 Å². The molecule has 3 nitrogen and oxygen atoms in total. The van der Waals surface area contributed by atoms with Crippen LogP contribution in [0.25, 0.3) is 11.1 Å². The third-order valence-corrected chi connectivity index (χ3v) is 2.59. The molecule has 0 spiro atoms. The maximum atomic E-state index is 5.94. The van der Waals surface area contributed by atoms with Crippen LogP contribution in [0.15, 0.2) is 28.9 Å². The van der Waals surface area contributed by atoms with Gasteiger partial charge in [-0.3, -0.25) is 0 Å². The fourth-order valence-electron chi connectivity index (χ4n) is 1.66. The molecule has 2 aromatic rings. The van der Waals surface area contributed by atoms with Crippen LogP contribution in [0.4, 0.5) is 5.69 Å². The number of hydrogen-bond donors (Lipinski definition) is 1. The van der Waals surface area contributed by atoms with E-state index in [0.717, 1.165) is 29.0 Å². The van der Waals surface area contributed by atoms with E-state index in [0.29, 0.717) is 0 Å². The van der Waals surface area contributed by atoms with Crippen molar-refractivity contribution in [1.82, 2.24) is 5.16 Å². The number of nitrogens with two attached hydrogens (primary N) is 1. The number of hydrogen-bond acceptors (Lipinski definition) is 3. The van der Waals surface area contributed by atoms with Gasteiger partial charge < -0.3 is 10.3 Å². The van der Waals surface area contributed by atoms with Gasteiger partial charge in [-0.25, -0.2) is 0 Å². The number of nitrogens with zero attached hydrogens (tertiary/aromatic N) is 1. The molecule has 0 amide bonds. The number of aryl methyl sites for hydroxylation is 2. The minimum atomic E-state index is 0.818. The van der Waals surface area contributed by atoms with Crippen LogP contribution in [0.1, 0.15) is 18.2 Å². The van der Waals surface area contributed by atoms with Gasteiger partial charge >= 0.3 is 0 Å². The van der Waals surface area contributed by atoms with Gasteiger partial charge in [0.05, 0.1) is 6.20 Å². The van der Waals surface area contributed by atoms with Gasteiger partial charge in [-0.1, -0.05) is 24.2 Å². The SMILES string of the molecule is CCc1ccc(-c2cnoc2C)cc1N. The standard InChI is InChI=1S/C12H14N2O/c1-3-9-4-5-10(6-12(9)13)11-7-14-15-8(11)2/h4-7H,3,13H2,1-2H3. The first kappa shape index (κ1) is 9.77. The van der Waals surface area contributed by atoms with Gasteiger partial charge in [0.1, 0.15) is 5.76 Å². The van der Waals surface area contributed by atoms with Crippen molar-refractivity contribution in [1.29, 1.82) is 0 Å². The lowest BCUT2D eigenvalue weighted by molar-refractivity contribution is 0.398. The molecule has 1 aromatic heterocycles. The van der Waals surface area contributed by atoms with Crippen LogP contribution in [-0.2, 0) is 6.42 Å².